The monoisotopic (exact) mass is 292 g/mol. The van der Waals surface area contributed by atoms with Crippen molar-refractivity contribution in [3.8, 4) is 0 Å². The number of anilines is 1. The van der Waals surface area contributed by atoms with Gasteiger partial charge < -0.3 is 15.7 Å². The fourth-order valence-corrected chi connectivity index (χ4v) is 1.76. The first-order valence-electron chi connectivity index (χ1n) is 6.93. The molecule has 0 aliphatic heterocycles. The zero-order chi connectivity index (χ0) is 15.7. The highest BCUT2D eigenvalue weighted by atomic mass is 16.4. The number of carboxylic acid groups (broad SMARTS) is 1. The van der Waals surface area contributed by atoms with E-state index in [0.717, 1.165) is 12.8 Å². The molecular weight excluding hydrogens is 272 g/mol. The lowest BCUT2D eigenvalue weighted by Gasteiger charge is -2.07. The highest BCUT2D eigenvalue weighted by Crippen LogP contribution is 2.13. The maximum Gasteiger partial charge on any atom is 0.404 e. The fraction of sp³-hybridized carbons (Fsp3) is 0.400. The molecule has 0 fully saturated rings. The minimum Gasteiger partial charge on any atom is -0.465 e. The normalized spacial score (nSPS) is 9.95. The molecule has 0 spiro atoms. The lowest BCUT2D eigenvalue weighted by atomic mass is 10.1. The second-order valence-corrected chi connectivity index (χ2v) is 4.64. The summed E-state index contributed by atoms with van der Waals surface area (Å²) in [5.74, 6) is -0.248. The smallest absolute Gasteiger partial charge is 0.404 e. The van der Waals surface area contributed by atoms with Crippen molar-refractivity contribution >= 4 is 23.5 Å². The largest absolute Gasteiger partial charge is 0.465 e. The quantitative estimate of drug-likeness (QED) is 0.642. The highest BCUT2D eigenvalue weighted by molar-refractivity contribution is 5.98. The van der Waals surface area contributed by atoms with Crippen LogP contribution in [0.25, 0.3) is 0 Å². The van der Waals surface area contributed by atoms with Gasteiger partial charge in [0.2, 0.25) is 5.91 Å². The van der Waals surface area contributed by atoms with Crippen molar-refractivity contribution in [3.05, 3.63) is 29.8 Å². The topological polar surface area (TPSA) is 95.5 Å². The first-order valence-corrected chi connectivity index (χ1v) is 6.93. The SMILES string of the molecule is CCCCC(=O)Nc1cccc(C(=O)CCNC(=O)O)c1. The van der Waals surface area contributed by atoms with Gasteiger partial charge in [0.25, 0.3) is 0 Å². The van der Waals surface area contributed by atoms with E-state index < -0.39 is 6.09 Å². The van der Waals surface area contributed by atoms with Gasteiger partial charge in [-0.05, 0) is 18.6 Å². The Kier molecular flexibility index (Phi) is 6.94. The summed E-state index contributed by atoms with van der Waals surface area (Å²) in [6.45, 7) is 2.08. The molecule has 0 radical (unpaired) electrons. The summed E-state index contributed by atoms with van der Waals surface area (Å²) in [5, 5.41) is 13.3. The number of hydrogen-bond donors (Lipinski definition) is 3. The van der Waals surface area contributed by atoms with Crippen LogP contribution < -0.4 is 10.6 Å². The molecule has 0 aliphatic rings. The number of nitrogens with one attached hydrogen (secondary N) is 2. The van der Waals surface area contributed by atoms with Crippen molar-refractivity contribution in [2.24, 2.45) is 0 Å². The number of carbonyl (C=O) groups excluding carboxylic acids is 2. The molecule has 1 rings (SSSR count). The Morgan fingerprint density at radius 3 is 2.62 bits per heavy atom. The van der Waals surface area contributed by atoms with Gasteiger partial charge in [0, 0.05) is 30.6 Å². The number of ketones is 1. The molecule has 0 atom stereocenters. The molecular formula is C15H20N2O4. The van der Waals surface area contributed by atoms with Gasteiger partial charge in [0.15, 0.2) is 5.78 Å². The summed E-state index contributed by atoms with van der Waals surface area (Å²) < 4.78 is 0. The number of unbranched alkanes of at least 4 members (excludes halogenated alkanes) is 1. The van der Waals surface area contributed by atoms with E-state index >= 15 is 0 Å². The van der Waals surface area contributed by atoms with Gasteiger partial charge in [-0.1, -0.05) is 25.5 Å². The van der Waals surface area contributed by atoms with Crippen LogP contribution in [0.4, 0.5) is 10.5 Å². The Balaban J connectivity index is 2.56. The average Bonchev–Trinajstić information content (AvgIpc) is 2.45. The summed E-state index contributed by atoms with van der Waals surface area (Å²) in [6.07, 6.45) is 1.16. The van der Waals surface area contributed by atoms with Crippen LogP contribution >= 0.6 is 0 Å². The van der Waals surface area contributed by atoms with Crippen LogP contribution in [0.5, 0.6) is 0 Å². The molecule has 0 aromatic heterocycles. The molecule has 0 bridgehead atoms. The van der Waals surface area contributed by atoms with Gasteiger partial charge in [-0.2, -0.15) is 0 Å². The Morgan fingerprint density at radius 2 is 1.95 bits per heavy atom. The summed E-state index contributed by atoms with van der Waals surface area (Å²) in [6, 6.07) is 6.65. The van der Waals surface area contributed by atoms with E-state index in [1.165, 1.54) is 0 Å². The molecule has 114 valence electrons. The van der Waals surface area contributed by atoms with Gasteiger partial charge in [-0.15, -0.1) is 0 Å². The van der Waals surface area contributed by atoms with Gasteiger partial charge in [-0.25, -0.2) is 4.79 Å². The minimum atomic E-state index is -1.15. The summed E-state index contributed by atoms with van der Waals surface area (Å²) in [7, 11) is 0. The van der Waals surface area contributed by atoms with E-state index in [2.05, 4.69) is 10.6 Å². The Labute approximate surface area is 123 Å². The van der Waals surface area contributed by atoms with Crippen LogP contribution in [0.15, 0.2) is 24.3 Å². The molecule has 21 heavy (non-hydrogen) atoms. The average molecular weight is 292 g/mol. The molecule has 3 N–H and O–H groups in total. The van der Waals surface area contributed by atoms with Crippen molar-refractivity contribution in [2.75, 3.05) is 11.9 Å². The lowest BCUT2D eigenvalue weighted by molar-refractivity contribution is -0.116. The Hall–Kier alpha value is -2.37. The number of Topliss-reactive ketones (excluding diaryl/α,β-unsaturated/α-hetero) is 1. The maximum absolute atomic E-state index is 11.9. The Morgan fingerprint density at radius 1 is 1.19 bits per heavy atom. The van der Waals surface area contributed by atoms with Crippen LogP contribution in [-0.2, 0) is 4.79 Å². The Bertz CT molecular complexity index is 514. The molecule has 1 aromatic carbocycles. The summed E-state index contributed by atoms with van der Waals surface area (Å²) in [4.78, 5) is 33.8. The van der Waals surface area contributed by atoms with E-state index in [-0.39, 0.29) is 24.7 Å². The van der Waals surface area contributed by atoms with Crippen LogP contribution in [0, 0.1) is 0 Å². The van der Waals surface area contributed by atoms with Gasteiger partial charge >= 0.3 is 6.09 Å². The van der Waals surface area contributed by atoms with Gasteiger partial charge in [0.05, 0.1) is 0 Å². The van der Waals surface area contributed by atoms with Crippen molar-refractivity contribution < 1.29 is 19.5 Å². The third kappa shape index (κ3) is 6.56. The van der Waals surface area contributed by atoms with E-state index in [4.69, 9.17) is 5.11 Å². The molecule has 2 amide bonds. The standard InChI is InChI=1S/C15H20N2O4/c1-2-3-7-14(19)17-12-6-4-5-11(10-12)13(18)8-9-16-15(20)21/h4-6,10,16H,2-3,7-9H2,1H3,(H,17,19)(H,20,21). The van der Waals surface area contributed by atoms with E-state index in [9.17, 15) is 14.4 Å². The third-order valence-corrected chi connectivity index (χ3v) is 2.85. The molecule has 6 heteroatoms. The molecule has 0 aliphatic carbocycles. The summed E-state index contributed by atoms with van der Waals surface area (Å²) in [5.41, 5.74) is 1.03. The second-order valence-electron chi connectivity index (χ2n) is 4.64. The van der Waals surface area contributed by atoms with Crippen molar-refractivity contribution in [1.82, 2.24) is 5.32 Å². The van der Waals surface area contributed by atoms with Crippen molar-refractivity contribution in [2.45, 2.75) is 32.6 Å². The molecule has 0 unspecified atom stereocenters. The van der Waals surface area contributed by atoms with Crippen LogP contribution in [-0.4, -0.2) is 29.4 Å². The number of carbonyl (C=O) groups is 3. The zero-order valence-corrected chi connectivity index (χ0v) is 12.0. The van der Waals surface area contributed by atoms with Gasteiger partial charge in [-0.3, -0.25) is 9.59 Å². The maximum atomic E-state index is 11.9. The van der Waals surface area contributed by atoms with Crippen molar-refractivity contribution in [3.63, 3.8) is 0 Å². The first kappa shape index (κ1) is 16.7. The molecule has 0 saturated heterocycles. The van der Waals surface area contributed by atoms with Crippen molar-refractivity contribution in [1.29, 1.82) is 0 Å². The third-order valence-electron chi connectivity index (χ3n) is 2.85. The predicted molar refractivity (Wildman–Crippen MR) is 79.6 cm³/mol. The van der Waals surface area contributed by atoms with Crippen LogP contribution in [0.2, 0.25) is 0 Å². The molecule has 0 heterocycles. The minimum absolute atomic E-state index is 0.0707. The van der Waals surface area contributed by atoms with E-state index in [1.54, 1.807) is 24.3 Å². The summed E-state index contributed by atoms with van der Waals surface area (Å²) >= 11 is 0. The van der Waals surface area contributed by atoms with Gasteiger partial charge in [0.1, 0.15) is 0 Å². The first-order chi connectivity index (χ1) is 10.0. The molecule has 0 saturated carbocycles. The number of rotatable bonds is 8. The molecule has 6 nitrogen and oxygen atoms in total. The number of hydrogen-bond acceptors (Lipinski definition) is 3. The fourth-order valence-electron chi connectivity index (χ4n) is 1.76. The molecule has 1 aromatic rings. The van der Waals surface area contributed by atoms with E-state index in [0.29, 0.717) is 17.7 Å². The second kappa shape index (κ2) is 8.73. The van der Waals surface area contributed by atoms with E-state index in [1.807, 2.05) is 6.92 Å². The predicted octanol–water partition coefficient (Wildman–Crippen LogP) is 2.66. The van der Waals surface area contributed by atoms with Crippen LogP contribution in [0.1, 0.15) is 43.0 Å². The lowest BCUT2D eigenvalue weighted by Crippen LogP contribution is -2.23. The number of benzene rings is 1. The highest BCUT2D eigenvalue weighted by Gasteiger charge is 2.08. The number of amides is 2. The zero-order valence-electron chi connectivity index (χ0n) is 12.0. The van der Waals surface area contributed by atoms with Crippen LogP contribution in [0.3, 0.4) is 0 Å².